The van der Waals surface area contributed by atoms with Crippen LogP contribution in [0.5, 0.6) is 0 Å². The Balaban J connectivity index is 1.83. The molecular weight excluding hydrogens is 378 g/mol. The average molecular weight is 401 g/mol. The zero-order chi connectivity index (χ0) is 20.7. The summed E-state index contributed by atoms with van der Waals surface area (Å²) in [4.78, 5) is 35.0. The normalized spacial score (nSPS) is 11.7. The minimum absolute atomic E-state index is 0.0227. The molecule has 0 saturated carbocycles. The fraction of sp³-hybridized carbons (Fsp3) is 0.300. The van der Waals surface area contributed by atoms with Crippen LogP contribution in [0.4, 0.5) is 11.4 Å². The van der Waals surface area contributed by atoms with Gasteiger partial charge in [0.05, 0.1) is 10.2 Å². The summed E-state index contributed by atoms with van der Waals surface area (Å²) in [5.41, 5.74) is 1.66. The Hall–Kier alpha value is -2.87. The van der Waals surface area contributed by atoms with E-state index in [0.29, 0.717) is 6.54 Å². The number of nitrogens with one attached hydrogen (secondary N) is 2. The lowest BCUT2D eigenvalue weighted by molar-refractivity contribution is -0.384. The van der Waals surface area contributed by atoms with E-state index in [0.717, 1.165) is 16.1 Å². The molecule has 7 nitrogen and oxygen atoms in total. The fourth-order valence-electron chi connectivity index (χ4n) is 2.23. The smallest absolute Gasteiger partial charge is 0.269 e. The van der Waals surface area contributed by atoms with Crippen molar-refractivity contribution in [3.63, 3.8) is 0 Å². The Labute approximate surface area is 168 Å². The molecule has 2 aromatic rings. The minimum Gasteiger partial charge on any atom is -0.351 e. The largest absolute Gasteiger partial charge is 0.351 e. The van der Waals surface area contributed by atoms with Crippen LogP contribution in [0.2, 0.25) is 0 Å². The number of nitro groups is 1. The van der Waals surface area contributed by atoms with Gasteiger partial charge in [0.2, 0.25) is 11.8 Å². The van der Waals surface area contributed by atoms with E-state index in [1.165, 1.54) is 23.9 Å². The number of nitrogens with zero attached hydrogens (tertiary/aromatic N) is 1. The molecule has 28 heavy (non-hydrogen) atoms. The van der Waals surface area contributed by atoms with E-state index in [-0.39, 0.29) is 28.7 Å². The predicted octanol–water partition coefficient (Wildman–Crippen LogP) is 3.99. The summed E-state index contributed by atoms with van der Waals surface area (Å²) < 4.78 is 0. The first-order valence-electron chi connectivity index (χ1n) is 8.85. The van der Waals surface area contributed by atoms with E-state index < -0.39 is 4.92 Å². The second kappa shape index (κ2) is 9.89. The maximum absolute atomic E-state index is 12.3. The number of carbonyl (C=O) groups is 2. The van der Waals surface area contributed by atoms with E-state index in [1.807, 2.05) is 26.0 Å². The predicted molar refractivity (Wildman–Crippen MR) is 110 cm³/mol. The number of hydrogen-bond donors (Lipinski definition) is 2. The number of non-ortho nitro benzene ring substituents is 1. The summed E-state index contributed by atoms with van der Waals surface area (Å²) in [6, 6.07) is 13.4. The van der Waals surface area contributed by atoms with E-state index in [9.17, 15) is 19.7 Å². The molecule has 2 amide bonds. The Bertz CT molecular complexity index is 836. The van der Waals surface area contributed by atoms with Gasteiger partial charge < -0.3 is 10.6 Å². The second-order valence-corrected chi connectivity index (χ2v) is 7.98. The molecule has 0 heterocycles. The van der Waals surface area contributed by atoms with Gasteiger partial charge in [0.1, 0.15) is 0 Å². The maximum atomic E-state index is 12.3. The lowest BCUT2D eigenvalue weighted by Crippen LogP contribution is -2.30. The van der Waals surface area contributed by atoms with Crippen LogP contribution in [0.3, 0.4) is 0 Å². The zero-order valence-electron chi connectivity index (χ0n) is 16.0. The first-order chi connectivity index (χ1) is 13.3. The molecule has 148 valence electrons. The van der Waals surface area contributed by atoms with Crippen LogP contribution in [0.15, 0.2) is 53.4 Å². The lowest BCUT2D eigenvalue weighted by atomic mass is 10.1. The van der Waals surface area contributed by atoms with Gasteiger partial charge in [0.15, 0.2) is 0 Å². The third-order valence-corrected chi connectivity index (χ3v) is 5.05. The van der Waals surface area contributed by atoms with Crippen LogP contribution >= 0.6 is 11.8 Å². The maximum Gasteiger partial charge on any atom is 0.269 e. The third kappa shape index (κ3) is 6.38. The third-order valence-electron chi connectivity index (χ3n) is 3.94. The number of nitro benzene ring substituents is 1. The molecule has 0 radical (unpaired) electrons. The van der Waals surface area contributed by atoms with Crippen LogP contribution in [0, 0.1) is 16.0 Å². The van der Waals surface area contributed by atoms with Crippen molar-refractivity contribution < 1.29 is 14.5 Å². The van der Waals surface area contributed by atoms with Crippen molar-refractivity contribution in [2.45, 2.75) is 37.5 Å². The Kier molecular flexibility index (Phi) is 7.57. The van der Waals surface area contributed by atoms with E-state index in [4.69, 9.17) is 0 Å². The monoisotopic (exact) mass is 401 g/mol. The first kappa shape index (κ1) is 21.4. The average Bonchev–Trinajstić information content (AvgIpc) is 2.67. The Morgan fingerprint density at radius 1 is 1.00 bits per heavy atom. The highest BCUT2D eigenvalue weighted by Gasteiger charge is 2.15. The Morgan fingerprint density at radius 2 is 1.61 bits per heavy atom. The number of amides is 2. The molecule has 0 bridgehead atoms. The van der Waals surface area contributed by atoms with Crippen LogP contribution in [-0.4, -0.2) is 22.0 Å². The summed E-state index contributed by atoms with van der Waals surface area (Å²) in [6.45, 7) is 5.82. The fourth-order valence-corrected chi connectivity index (χ4v) is 3.12. The molecule has 8 heteroatoms. The molecule has 0 spiro atoms. The number of rotatable bonds is 8. The molecule has 2 N–H and O–H groups in total. The van der Waals surface area contributed by atoms with E-state index >= 15 is 0 Å². The van der Waals surface area contributed by atoms with Crippen LogP contribution in [0.25, 0.3) is 0 Å². The minimum atomic E-state index is -0.454. The number of anilines is 1. The van der Waals surface area contributed by atoms with E-state index in [2.05, 4.69) is 10.6 Å². The molecule has 2 aromatic carbocycles. The summed E-state index contributed by atoms with van der Waals surface area (Å²) in [5, 5.41) is 16.0. The number of benzene rings is 2. The van der Waals surface area contributed by atoms with Crippen molar-refractivity contribution in [3.05, 3.63) is 64.2 Å². The van der Waals surface area contributed by atoms with Gasteiger partial charge >= 0.3 is 0 Å². The number of thioether (sulfide) groups is 1. The molecule has 0 unspecified atom stereocenters. The van der Waals surface area contributed by atoms with Gasteiger partial charge in [-0.25, -0.2) is 0 Å². The molecule has 2 rings (SSSR count). The van der Waals surface area contributed by atoms with Crippen LogP contribution < -0.4 is 10.6 Å². The molecule has 0 fully saturated rings. The summed E-state index contributed by atoms with van der Waals surface area (Å²) >= 11 is 1.34. The van der Waals surface area contributed by atoms with Gasteiger partial charge in [-0.2, -0.15) is 0 Å². The highest BCUT2D eigenvalue weighted by atomic mass is 32.2. The lowest BCUT2D eigenvalue weighted by Gasteiger charge is -2.12. The molecule has 0 aliphatic heterocycles. The molecular formula is C20H23N3O4S. The summed E-state index contributed by atoms with van der Waals surface area (Å²) in [6.07, 6.45) is 0. The highest BCUT2D eigenvalue weighted by molar-refractivity contribution is 8.00. The van der Waals surface area contributed by atoms with Gasteiger partial charge in [-0.3, -0.25) is 19.7 Å². The quantitative estimate of drug-likeness (QED) is 0.396. The molecule has 1 atom stereocenters. The SMILES string of the molecule is CC(C)C(=O)Nc1ccc(CNC(=O)[C@H](C)Sc2ccc([N+](=O)[O-])cc2)cc1. The first-order valence-corrected chi connectivity index (χ1v) is 9.73. The highest BCUT2D eigenvalue weighted by Crippen LogP contribution is 2.25. The van der Waals surface area contributed by atoms with Crippen molar-refractivity contribution in [1.29, 1.82) is 0 Å². The van der Waals surface area contributed by atoms with Gasteiger partial charge in [0.25, 0.3) is 5.69 Å². The summed E-state index contributed by atoms with van der Waals surface area (Å²) in [7, 11) is 0. The van der Waals surface area contributed by atoms with Gasteiger partial charge in [-0.05, 0) is 36.8 Å². The van der Waals surface area contributed by atoms with Crippen LogP contribution in [0.1, 0.15) is 26.3 Å². The van der Waals surface area contributed by atoms with Crippen LogP contribution in [-0.2, 0) is 16.1 Å². The Morgan fingerprint density at radius 3 is 2.14 bits per heavy atom. The van der Waals surface area contributed by atoms with Gasteiger partial charge in [-0.15, -0.1) is 11.8 Å². The van der Waals surface area contributed by atoms with Gasteiger partial charge in [0, 0.05) is 35.2 Å². The van der Waals surface area contributed by atoms with E-state index in [1.54, 1.807) is 31.2 Å². The van der Waals surface area contributed by atoms with Crippen molar-refractivity contribution in [2.75, 3.05) is 5.32 Å². The standard InChI is InChI=1S/C20H23N3O4S/c1-13(2)19(24)22-16-6-4-15(5-7-16)12-21-20(25)14(3)28-18-10-8-17(9-11-18)23(26)27/h4-11,13-14H,12H2,1-3H3,(H,21,25)(H,22,24)/t14-/m0/s1. The van der Waals surface area contributed by atoms with Crippen molar-refractivity contribution in [3.8, 4) is 0 Å². The molecule has 0 aliphatic carbocycles. The number of carbonyl (C=O) groups excluding carboxylic acids is 2. The van der Waals surface area contributed by atoms with Gasteiger partial charge in [-0.1, -0.05) is 26.0 Å². The summed E-state index contributed by atoms with van der Waals surface area (Å²) in [5.74, 6) is -0.257. The second-order valence-electron chi connectivity index (χ2n) is 6.57. The molecule has 0 aromatic heterocycles. The van der Waals surface area contributed by atoms with Crippen molar-refractivity contribution in [1.82, 2.24) is 5.32 Å². The topological polar surface area (TPSA) is 101 Å². The molecule has 0 aliphatic rings. The zero-order valence-corrected chi connectivity index (χ0v) is 16.8. The number of hydrogen-bond acceptors (Lipinski definition) is 5. The van der Waals surface area contributed by atoms with Crippen molar-refractivity contribution >= 4 is 35.0 Å². The van der Waals surface area contributed by atoms with Crippen molar-refractivity contribution in [2.24, 2.45) is 5.92 Å². The molecule has 0 saturated heterocycles.